The summed E-state index contributed by atoms with van der Waals surface area (Å²) in [6.45, 7) is 5.53. The van der Waals surface area contributed by atoms with Crippen LogP contribution in [-0.2, 0) is 46.3 Å². The van der Waals surface area contributed by atoms with Crippen LogP contribution < -0.4 is 30.9 Å². The third kappa shape index (κ3) is 11.2. The summed E-state index contributed by atoms with van der Waals surface area (Å²) >= 11 is 11.8. The largest absolute Gasteiger partial charge is 0.480 e. The molecule has 1 N–H and O–H groups in total. The van der Waals surface area contributed by atoms with Crippen LogP contribution >= 0.6 is 23.2 Å². The molecule has 6 aromatic rings. The number of fused-ring (bicyclic) bond motifs is 2. The molecule has 2 aromatic carbocycles. The highest BCUT2D eigenvalue weighted by Gasteiger charge is 2.38. The highest BCUT2D eigenvalue weighted by Crippen LogP contribution is 2.35. The monoisotopic (exact) mass is 1010 g/mol. The first-order valence-electron chi connectivity index (χ1n) is 23.1. The van der Waals surface area contributed by atoms with Crippen LogP contribution in [0, 0.1) is 11.8 Å². The number of aryl methyl sites for hydroxylation is 2. The lowest BCUT2D eigenvalue weighted by Gasteiger charge is -2.31. The Morgan fingerprint density at radius 2 is 1.66 bits per heavy atom. The number of carbonyl (C=O) groups excluding carboxylic acids is 4. The van der Waals surface area contributed by atoms with Crippen molar-refractivity contribution in [3.8, 4) is 35.1 Å². The zero-order valence-corrected chi connectivity index (χ0v) is 41.8. The molecule has 0 bridgehead atoms. The van der Waals surface area contributed by atoms with Crippen molar-refractivity contribution < 1.29 is 33.4 Å². The lowest BCUT2D eigenvalue weighted by molar-refractivity contribution is -0.136. The van der Waals surface area contributed by atoms with Crippen molar-refractivity contribution in [2.24, 2.45) is 14.1 Å². The molecule has 2 saturated heterocycles. The fourth-order valence-electron chi connectivity index (χ4n) is 8.71. The van der Waals surface area contributed by atoms with Crippen LogP contribution in [0.5, 0.6) is 11.9 Å². The van der Waals surface area contributed by atoms with Gasteiger partial charge in [0.2, 0.25) is 23.6 Å². The Balaban J connectivity index is 0.000000750. The number of para-hydroxylation sites is 1. The number of benzene rings is 2. The normalized spacial score (nSPS) is 15.5. The molecule has 21 heteroatoms. The predicted molar refractivity (Wildman–Crippen MR) is 267 cm³/mol. The summed E-state index contributed by atoms with van der Waals surface area (Å²) in [5.74, 6) is 5.40. The molecule has 0 aliphatic carbocycles. The van der Waals surface area contributed by atoms with Crippen molar-refractivity contribution >= 4 is 63.6 Å². The predicted octanol–water partition coefficient (Wildman–Crippen LogP) is 5.71. The average molecular weight is 1010 g/mol. The average Bonchev–Trinajstić information content (AvgIpc) is 3.99. The fourth-order valence-corrected chi connectivity index (χ4v) is 9.10. The molecular weight excluding hydrogens is 956 g/mol. The number of nitrogens with zero attached hydrogens (tertiary/aromatic N) is 9. The van der Waals surface area contributed by atoms with Crippen LogP contribution in [0.3, 0.4) is 0 Å². The maximum Gasteiger partial charge on any atom is 0.329 e. The molecule has 1 atom stereocenters. The molecular formula is C50H54Cl2N10O9. The van der Waals surface area contributed by atoms with Gasteiger partial charge in [-0.05, 0) is 56.0 Å². The van der Waals surface area contributed by atoms with Gasteiger partial charge in [-0.2, -0.15) is 4.98 Å². The molecule has 4 aromatic heterocycles. The molecule has 71 heavy (non-hydrogen) atoms. The number of hydrogen-bond acceptors (Lipinski definition) is 12. The molecule has 4 amide bonds. The number of aromatic nitrogens is 7. The second-order valence-electron chi connectivity index (χ2n) is 16.5. The smallest absolute Gasteiger partial charge is 0.329 e. The molecule has 7 heterocycles. The van der Waals surface area contributed by atoms with E-state index in [-0.39, 0.29) is 84.9 Å². The molecule has 1 unspecified atom stereocenters. The SMILES string of the molecule is CC.COc1ncc(-c2nc3c(n2CCCC(=O)N2CCC(OCC#Cc4cccc5c4n(C)c(=O)n5C4CCC(=O)NC4=O)CC2)CN(c2cc(Cl)cn(C)c2=O)C3=O)c(OC)n1.Clc1ccccc1. The van der Waals surface area contributed by atoms with Gasteiger partial charge in [-0.1, -0.05) is 73.2 Å². The van der Waals surface area contributed by atoms with E-state index in [4.69, 9.17) is 42.4 Å². The van der Waals surface area contributed by atoms with Gasteiger partial charge in [-0.3, -0.25) is 43.3 Å². The molecule has 372 valence electrons. The van der Waals surface area contributed by atoms with Crippen molar-refractivity contribution in [2.75, 3.05) is 38.8 Å². The molecule has 19 nitrogen and oxygen atoms in total. The minimum Gasteiger partial charge on any atom is -0.480 e. The molecule has 0 radical (unpaired) electrons. The first-order chi connectivity index (χ1) is 34.3. The van der Waals surface area contributed by atoms with E-state index in [1.54, 1.807) is 32.3 Å². The number of anilines is 1. The van der Waals surface area contributed by atoms with Gasteiger partial charge in [0, 0.05) is 64.0 Å². The van der Waals surface area contributed by atoms with Gasteiger partial charge >= 0.3 is 11.7 Å². The standard InChI is InChI=1S/C42H43ClN10O9.C6H5Cl.C2H6/c1-48-22-25(43)20-30(39(48)57)52-23-31-34(40(52)58)46-36(27-21-44-41(61-4)47-38(27)60-3)51(31)16-6-11-33(55)50-17-14-26(15-18-50)62-19-7-9-24-8-5-10-28-35(24)49(2)42(59)53(28)29-12-13-32(54)45-37(29)56;7-6-4-2-1-3-5-6;1-2/h5,8,10,20-22,26,29H,6,11-19,23H2,1-4H3,(H,45,54,56);1-5H;1-2H3. The van der Waals surface area contributed by atoms with Crippen LogP contribution in [0.25, 0.3) is 22.4 Å². The summed E-state index contributed by atoms with van der Waals surface area (Å²) in [5.41, 5.74) is 2.26. The maximum absolute atomic E-state index is 13.8. The van der Waals surface area contributed by atoms with E-state index < -0.39 is 17.9 Å². The van der Waals surface area contributed by atoms with Gasteiger partial charge in [0.15, 0.2) is 5.69 Å². The van der Waals surface area contributed by atoms with Crippen molar-refractivity contribution in [1.29, 1.82) is 0 Å². The Hall–Kier alpha value is -7.27. The zero-order chi connectivity index (χ0) is 50.9. The second kappa shape index (κ2) is 23.1. The number of nitrogens with one attached hydrogen (secondary N) is 1. The van der Waals surface area contributed by atoms with Crippen LogP contribution in [0.4, 0.5) is 5.69 Å². The molecule has 9 rings (SSSR count). The number of imide groups is 1. The van der Waals surface area contributed by atoms with E-state index >= 15 is 0 Å². The summed E-state index contributed by atoms with van der Waals surface area (Å²) in [4.78, 5) is 94.3. The lowest BCUT2D eigenvalue weighted by Crippen LogP contribution is -2.44. The highest BCUT2D eigenvalue weighted by atomic mass is 35.5. The van der Waals surface area contributed by atoms with Gasteiger partial charge in [0.25, 0.3) is 11.5 Å². The first-order valence-corrected chi connectivity index (χ1v) is 23.9. The zero-order valence-electron chi connectivity index (χ0n) is 40.2. The van der Waals surface area contributed by atoms with Gasteiger partial charge in [0.05, 0.1) is 59.7 Å². The van der Waals surface area contributed by atoms with Gasteiger partial charge in [0.1, 0.15) is 24.2 Å². The number of amides is 4. The number of likely N-dealkylation sites (tertiary alicyclic amines) is 1. The Morgan fingerprint density at radius 1 is 0.915 bits per heavy atom. The topological polar surface area (TPSA) is 207 Å². The molecule has 3 aliphatic rings. The summed E-state index contributed by atoms with van der Waals surface area (Å²) in [5, 5.41) is 3.42. The summed E-state index contributed by atoms with van der Waals surface area (Å²) in [6.07, 6.45) is 5.17. The van der Waals surface area contributed by atoms with Crippen LogP contribution in [0.15, 0.2) is 76.6 Å². The fraction of sp³-hybridized carbons (Fsp3) is 0.380. The Bertz CT molecular complexity index is 3150. The molecule has 2 fully saturated rings. The third-order valence-electron chi connectivity index (χ3n) is 12.1. The van der Waals surface area contributed by atoms with E-state index in [0.717, 1.165) is 5.02 Å². The van der Waals surface area contributed by atoms with Crippen LogP contribution in [0.2, 0.25) is 10.0 Å². The van der Waals surface area contributed by atoms with Crippen LogP contribution in [-0.4, -0.2) is 102 Å². The van der Waals surface area contributed by atoms with Crippen molar-refractivity contribution in [3.63, 3.8) is 0 Å². The third-order valence-corrected chi connectivity index (χ3v) is 12.6. The number of rotatable bonds is 11. The van der Waals surface area contributed by atoms with E-state index in [9.17, 15) is 28.8 Å². The highest BCUT2D eigenvalue weighted by molar-refractivity contribution is 6.31. The van der Waals surface area contributed by atoms with Gasteiger partial charge < -0.3 is 28.2 Å². The number of imidazole rings is 2. The maximum atomic E-state index is 13.8. The number of pyridine rings is 1. The summed E-state index contributed by atoms with van der Waals surface area (Å²) in [6, 6.07) is 15.5. The quantitative estimate of drug-likeness (QED) is 0.122. The van der Waals surface area contributed by atoms with Crippen molar-refractivity contribution in [2.45, 2.75) is 77.6 Å². The molecule has 0 saturated carbocycles. The minimum absolute atomic E-state index is 0.0185. The summed E-state index contributed by atoms with van der Waals surface area (Å²) < 4.78 is 22.8. The molecule has 3 aliphatic heterocycles. The van der Waals surface area contributed by atoms with Crippen molar-refractivity contribution in [1.82, 2.24) is 43.4 Å². The Labute approximate surface area is 419 Å². The number of piperidine rings is 2. The summed E-state index contributed by atoms with van der Waals surface area (Å²) in [7, 11) is 6.07. The number of hydrogen-bond donors (Lipinski definition) is 1. The first kappa shape index (κ1) is 51.6. The molecule has 0 spiro atoms. The van der Waals surface area contributed by atoms with Crippen LogP contribution in [0.1, 0.15) is 80.2 Å². The number of methoxy groups -OCH3 is 2. The Kier molecular flexibility index (Phi) is 16.8. The Morgan fingerprint density at radius 3 is 2.34 bits per heavy atom. The van der Waals surface area contributed by atoms with E-state index in [0.29, 0.717) is 77.6 Å². The van der Waals surface area contributed by atoms with E-state index in [1.165, 1.54) is 51.3 Å². The number of halogens is 2. The number of carbonyl (C=O) groups is 4. The van der Waals surface area contributed by atoms with E-state index in [1.807, 2.05) is 53.6 Å². The second-order valence-corrected chi connectivity index (χ2v) is 17.3. The van der Waals surface area contributed by atoms with Gasteiger partial charge in [-0.25, -0.2) is 14.8 Å². The lowest BCUT2D eigenvalue weighted by atomic mass is 10.1. The van der Waals surface area contributed by atoms with Gasteiger partial charge in [-0.15, -0.1) is 0 Å². The number of ether oxygens (including phenoxy) is 3. The minimum atomic E-state index is -0.790. The van der Waals surface area contributed by atoms with Crippen molar-refractivity contribution in [3.05, 3.63) is 115 Å². The van der Waals surface area contributed by atoms with E-state index in [2.05, 4.69) is 27.1 Å².